The van der Waals surface area contributed by atoms with Crippen LogP contribution in [0.1, 0.15) is 0 Å². The smallest absolute Gasteiger partial charge is 0.347 e. The number of nitrogen functional groups attached to an aromatic ring is 1. The summed E-state index contributed by atoms with van der Waals surface area (Å²) in [7, 11) is 1.60. The number of rotatable bonds is 2. The van der Waals surface area contributed by atoms with Crippen molar-refractivity contribution in [3.8, 4) is 17.0 Å². The topological polar surface area (TPSA) is 81.0 Å². The maximum absolute atomic E-state index is 11.1. The third kappa shape index (κ3) is 2.03. The second-order valence-electron chi connectivity index (χ2n) is 3.25. The normalized spacial score (nSPS) is 10.1. The highest BCUT2D eigenvalue weighted by atomic mass is 16.5. The third-order valence-electron chi connectivity index (χ3n) is 2.17. The van der Waals surface area contributed by atoms with E-state index >= 15 is 0 Å². The fraction of sp³-hybridized carbons (Fsp3) is 0.0909. The molecule has 0 unspecified atom stereocenters. The van der Waals surface area contributed by atoms with E-state index in [0.717, 1.165) is 11.3 Å². The maximum atomic E-state index is 11.1. The van der Waals surface area contributed by atoms with E-state index in [-0.39, 0.29) is 5.82 Å². The Kier molecular flexibility index (Phi) is 2.59. The van der Waals surface area contributed by atoms with Gasteiger partial charge >= 0.3 is 5.69 Å². The van der Waals surface area contributed by atoms with Crippen molar-refractivity contribution in [2.45, 2.75) is 0 Å². The van der Waals surface area contributed by atoms with Crippen molar-refractivity contribution in [1.82, 2.24) is 9.97 Å². The predicted octanol–water partition coefficient (Wildman–Crippen LogP) is 1.03. The molecule has 0 bridgehead atoms. The summed E-state index contributed by atoms with van der Waals surface area (Å²) in [6, 6.07) is 8.91. The van der Waals surface area contributed by atoms with Gasteiger partial charge in [-0.05, 0) is 29.8 Å². The molecule has 5 heteroatoms. The number of aromatic nitrogens is 2. The number of nitrogens with two attached hydrogens (primary N) is 1. The summed E-state index contributed by atoms with van der Waals surface area (Å²) in [5, 5.41) is 0. The molecule has 1 aromatic heterocycles. The van der Waals surface area contributed by atoms with Crippen LogP contribution < -0.4 is 16.2 Å². The maximum Gasteiger partial charge on any atom is 0.347 e. The van der Waals surface area contributed by atoms with Crippen LogP contribution in [-0.2, 0) is 0 Å². The second-order valence-corrected chi connectivity index (χ2v) is 3.25. The average Bonchev–Trinajstić information content (AvgIpc) is 2.28. The number of nitrogens with one attached hydrogen (secondary N) is 1. The van der Waals surface area contributed by atoms with E-state index in [1.165, 1.54) is 0 Å². The van der Waals surface area contributed by atoms with Gasteiger partial charge in [-0.2, -0.15) is 4.98 Å². The van der Waals surface area contributed by atoms with Crippen molar-refractivity contribution in [2.24, 2.45) is 0 Å². The van der Waals surface area contributed by atoms with Crippen LogP contribution in [0.4, 0.5) is 5.82 Å². The van der Waals surface area contributed by atoms with Gasteiger partial charge in [-0.3, -0.25) is 0 Å². The number of methoxy groups -OCH3 is 1. The Bertz CT molecular complexity index is 546. The van der Waals surface area contributed by atoms with Crippen LogP contribution >= 0.6 is 0 Å². The number of benzene rings is 1. The van der Waals surface area contributed by atoms with Crippen molar-refractivity contribution >= 4 is 5.82 Å². The van der Waals surface area contributed by atoms with E-state index in [9.17, 15) is 4.79 Å². The minimum absolute atomic E-state index is 0.203. The first kappa shape index (κ1) is 10.2. The van der Waals surface area contributed by atoms with Crippen molar-refractivity contribution in [3.63, 3.8) is 0 Å². The Morgan fingerprint density at radius 1 is 1.31 bits per heavy atom. The van der Waals surface area contributed by atoms with Gasteiger partial charge in [0.25, 0.3) is 0 Å². The van der Waals surface area contributed by atoms with Crippen LogP contribution in [0.25, 0.3) is 11.3 Å². The van der Waals surface area contributed by atoms with Crippen LogP contribution in [0.2, 0.25) is 0 Å². The highest BCUT2D eigenvalue weighted by Crippen LogP contribution is 2.20. The fourth-order valence-electron chi connectivity index (χ4n) is 1.40. The summed E-state index contributed by atoms with van der Waals surface area (Å²) in [6.07, 6.45) is 0. The monoisotopic (exact) mass is 217 g/mol. The largest absolute Gasteiger partial charge is 0.497 e. The molecule has 16 heavy (non-hydrogen) atoms. The first-order valence-corrected chi connectivity index (χ1v) is 4.70. The molecule has 82 valence electrons. The molecular formula is C11H11N3O2. The number of H-pyrrole nitrogens is 1. The van der Waals surface area contributed by atoms with Crippen molar-refractivity contribution in [1.29, 1.82) is 0 Å². The first-order valence-electron chi connectivity index (χ1n) is 4.70. The summed E-state index contributed by atoms with van der Waals surface area (Å²) in [6.45, 7) is 0. The second kappa shape index (κ2) is 4.06. The molecule has 0 saturated heterocycles. The van der Waals surface area contributed by atoms with Crippen LogP contribution in [0.3, 0.4) is 0 Å². The molecule has 5 nitrogen and oxygen atoms in total. The van der Waals surface area contributed by atoms with Gasteiger partial charge in [0.05, 0.1) is 12.8 Å². The highest BCUT2D eigenvalue weighted by Gasteiger charge is 2.01. The Labute approximate surface area is 91.9 Å². The van der Waals surface area contributed by atoms with E-state index in [1.807, 2.05) is 24.3 Å². The molecular weight excluding hydrogens is 206 g/mol. The Morgan fingerprint density at radius 3 is 2.56 bits per heavy atom. The zero-order valence-electron chi connectivity index (χ0n) is 8.73. The molecule has 0 aliphatic heterocycles. The standard InChI is InChI=1S/C11H11N3O2/c1-16-8-4-2-7(3-5-8)9-6-10(12)14-11(15)13-9/h2-6H,1H3,(H3,12,13,14,15). The number of aromatic amines is 1. The Morgan fingerprint density at radius 2 is 2.00 bits per heavy atom. The molecule has 3 N–H and O–H groups in total. The fourth-order valence-corrected chi connectivity index (χ4v) is 1.40. The lowest BCUT2D eigenvalue weighted by Gasteiger charge is -2.03. The molecule has 1 aromatic carbocycles. The molecule has 2 aromatic rings. The SMILES string of the molecule is COc1ccc(-c2cc(N)nc(=O)[nH]2)cc1. The Hall–Kier alpha value is -2.30. The summed E-state index contributed by atoms with van der Waals surface area (Å²) < 4.78 is 5.04. The van der Waals surface area contributed by atoms with Gasteiger partial charge in [-0.25, -0.2) is 4.79 Å². The van der Waals surface area contributed by atoms with Gasteiger partial charge < -0.3 is 15.5 Å². The molecule has 0 spiro atoms. The van der Waals surface area contributed by atoms with Gasteiger partial charge in [0.1, 0.15) is 11.6 Å². The summed E-state index contributed by atoms with van der Waals surface area (Å²) in [5.74, 6) is 0.961. The van der Waals surface area contributed by atoms with E-state index in [0.29, 0.717) is 5.69 Å². The van der Waals surface area contributed by atoms with Crippen LogP contribution in [0.5, 0.6) is 5.75 Å². The summed E-state index contributed by atoms with van der Waals surface area (Å²) in [5.41, 5.74) is 6.54. The van der Waals surface area contributed by atoms with Crippen LogP contribution in [0, 0.1) is 0 Å². The number of hydrogen-bond donors (Lipinski definition) is 2. The number of hydrogen-bond acceptors (Lipinski definition) is 4. The van der Waals surface area contributed by atoms with E-state index in [2.05, 4.69) is 9.97 Å². The number of nitrogens with zero attached hydrogens (tertiary/aromatic N) is 1. The van der Waals surface area contributed by atoms with E-state index in [1.54, 1.807) is 13.2 Å². The van der Waals surface area contributed by atoms with E-state index in [4.69, 9.17) is 10.5 Å². The molecule has 0 aliphatic carbocycles. The summed E-state index contributed by atoms with van der Waals surface area (Å²) >= 11 is 0. The minimum atomic E-state index is -0.453. The number of anilines is 1. The predicted molar refractivity (Wildman–Crippen MR) is 61.3 cm³/mol. The third-order valence-corrected chi connectivity index (χ3v) is 2.17. The van der Waals surface area contributed by atoms with E-state index < -0.39 is 5.69 Å². The van der Waals surface area contributed by atoms with Gasteiger partial charge in [0.2, 0.25) is 0 Å². The molecule has 0 fully saturated rings. The molecule has 0 radical (unpaired) electrons. The summed E-state index contributed by atoms with van der Waals surface area (Å²) in [4.78, 5) is 17.3. The first-order chi connectivity index (χ1) is 7.69. The minimum Gasteiger partial charge on any atom is -0.497 e. The molecule has 0 saturated carbocycles. The molecule has 0 amide bonds. The lowest BCUT2D eigenvalue weighted by Crippen LogP contribution is -2.12. The molecule has 1 heterocycles. The van der Waals surface area contributed by atoms with Gasteiger partial charge in [0.15, 0.2) is 0 Å². The van der Waals surface area contributed by atoms with Crippen molar-refractivity contribution < 1.29 is 4.74 Å². The lowest BCUT2D eigenvalue weighted by atomic mass is 10.1. The van der Waals surface area contributed by atoms with Gasteiger partial charge in [0, 0.05) is 6.07 Å². The van der Waals surface area contributed by atoms with Gasteiger partial charge in [-0.15, -0.1) is 0 Å². The molecule has 0 aliphatic rings. The van der Waals surface area contributed by atoms with Crippen molar-refractivity contribution in [2.75, 3.05) is 12.8 Å². The zero-order valence-corrected chi connectivity index (χ0v) is 8.73. The van der Waals surface area contributed by atoms with Crippen LogP contribution in [-0.4, -0.2) is 17.1 Å². The zero-order chi connectivity index (χ0) is 11.5. The highest BCUT2D eigenvalue weighted by molar-refractivity contribution is 5.62. The van der Waals surface area contributed by atoms with Gasteiger partial charge in [-0.1, -0.05) is 0 Å². The Balaban J connectivity index is 2.46. The number of ether oxygens (including phenoxy) is 1. The quantitative estimate of drug-likeness (QED) is 0.787. The molecule has 2 rings (SSSR count). The average molecular weight is 217 g/mol. The van der Waals surface area contributed by atoms with Crippen LogP contribution in [0.15, 0.2) is 35.1 Å². The molecule has 0 atom stereocenters. The van der Waals surface area contributed by atoms with Crippen molar-refractivity contribution in [3.05, 3.63) is 40.8 Å². The lowest BCUT2D eigenvalue weighted by molar-refractivity contribution is 0.415.